The zero-order chi connectivity index (χ0) is 29.2. The van der Waals surface area contributed by atoms with E-state index < -0.39 is 24.8 Å². The van der Waals surface area contributed by atoms with Gasteiger partial charge in [0, 0.05) is 24.8 Å². The number of fused-ring (bicyclic) bond motifs is 1. The molecule has 1 saturated carbocycles. The molecule has 4 rings (SSSR count). The van der Waals surface area contributed by atoms with Crippen LogP contribution in [0.15, 0.2) is 42.5 Å². The van der Waals surface area contributed by atoms with Crippen molar-refractivity contribution in [3.8, 4) is 11.5 Å². The number of anilines is 2. The minimum atomic E-state index is -4.77. The standard InChI is InChI=1S/C28H33F3N4O5/c1-17-11-19(14-27(2,3)13-17)35-23-10-9-21(39-16-24(36)34(4)15-25(37)38)12-22(23)33-26(35)32-18-5-7-20(8-6-18)40-28(29,30)31/h5-10,12,17,19H,11,13-16H2,1-4H3,(H,32,33)(H,37,38)/t17-,19+/m0/s1. The number of aromatic nitrogens is 2. The number of rotatable bonds is 9. The molecule has 3 aromatic rings. The van der Waals surface area contributed by atoms with Gasteiger partial charge in [-0.15, -0.1) is 13.2 Å². The van der Waals surface area contributed by atoms with Gasteiger partial charge < -0.3 is 29.4 Å². The molecule has 1 amide bonds. The average Bonchev–Trinajstić information content (AvgIpc) is 3.18. The zero-order valence-electron chi connectivity index (χ0n) is 22.8. The lowest BCUT2D eigenvalue weighted by Crippen LogP contribution is -2.35. The molecule has 0 bridgehead atoms. The molecule has 0 unspecified atom stereocenters. The van der Waals surface area contributed by atoms with Crippen molar-refractivity contribution in [1.82, 2.24) is 14.5 Å². The van der Waals surface area contributed by atoms with Crippen LogP contribution in [0.1, 0.15) is 46.1 Å². The van der Waals surface area contributed by atoms with Gasteiger partial charge in [0.2, 0.25) is 5.95 Å². The molecule has 2 atom stereocenters. The van der Waals surface area contributed by atoms with Gasteiger partial charge in [-0.05, 0) is 67.0 Å². The van der Waals surface area contributed by atoms with Crippen LogP contribution in [0.25, 0.3) is 11.0 Å². The van der Waals surface area contributed by atoms with Gasteiger partial charge in [-0.25, -0.2) is 4.98 Å². The van der Waals surface area contributed by atoms with Crippen LogP contribution >= 0.6 is 0 Å². The second-order valence-corrected chi connectivity index (χ2v) is 11.2. The van der Waals surface area contributed by atoms with Crippen molar-refractivity contribution in [2.45, 2.75) is 52.4 Å². The lowest BCUT2D eigenvalue weighted by Gasteiger charge is -2.40. The summed E-state index contributed by atoms with van der Waals surface area (Å²) >= 11 is 0. The number of hydrogen-bond acceptors (Lipinski definition) is 6. The Labute approximate surface area is 229 Å². The molecular formula is C28H33F3N4O5. The summed E-state index contributed by atoms with van der Waals surface area (Å²) in [6.45, 7) is 5.95. The quantitative estimate of drug-likeness (QED) is 0.330. The molecule has 0 aliphatic heterocycles. The van der Waals surface area contributed by atoms with Gasteiger partial charge in [0.05, 0.1) is 11.0 Å². The minimum absolute atomic E-state index is 0.109. The Morgan fingerprint density at radius 2 is 1.82 bits per heavy atom. The molecule has 12 heteroatoms. The molecule has 2 aromatic carbocycles. The molecule has 1 fully saturated rings. The van der Waals surface area contributed by atoms with Crippen LogP contribution in [0.2, 0.25) is 0 Å². The third kappa shape index (κ3) is 7.36. The third-order valence-corrected chi connectivity index (χ3v) is 6.89. The number of carbonyl (C=O) groups is 2. The highest BCUT2D eigenvalue weighted by molar-refractivity contribution is 5.83. The van der Waals surface area contributed by atoms with E-state index in [0.717, 1.165) is 29.7 Å². The van der Waals surface area contributed by atoms with E-state index in [1.165, 1.54) is 31.3 Å². The third-order valence-electron chi connectivity index (χ3n) is 6.89. The number of likely N-dealkylation sites (N-methyl/N-ethyl adjacent to an activating group) is 1. The summed E-state index contributed by atoms with van der Waals surface area (Å²) in [5.74, 6) is -0.512. The predicted octanol–water partition coefficient (Wildman–Crippen LogP) is 5.99. The van der Waals surface area contributed by atoms with Crippen LogP contribution in [-0.4, -0.2) is 58.0 Å². The molecule has 9 nitrogen and oxygen atoms in total. The average molecular weight is 563 g/mol. The lowest BCUT2D eigenvalue weighted by molar-refractivity contribution is -0.274. The summed E-state index contributed by atoms with van der Waals surface area (Å²) in [4.78, 5) is 28.9. The van der Waals surface area contributed by atoms with Gasteiger partial charge in [0.25, 0.3) is 5.91 Å². The molecule has 0 saturated heterocycles. The van der Waals surface area contributed by atoms with Crippen molar-refractivity contribution in [3.05, 3.63) is 42.5 Å². The summed E-state index contributed by atoms with van der Waals surface area (Å²) < 4.78 is 49.5. The first-order valence-electron chi connectivity index (χ1n) is 12.9. The number of carbonyl (C=O) groups excluding carboxylic acids is 1. The number of imidazole rings is 1. The van der Waals surface area contributed by atoms with E-state index in [9.17, 15) is 22.8 Å². The van der Waals surface area contributed by atoms with Crippen LogP contribution < -0.4 is 14.8 Å². The Balaban J connectivity index is 1.63. The maximum absolute atomic E-state index is 12.6. The van der Waals surface area contributed by atoms with E-state index in [0.29, 0.717) is 28.8 Å². The van der Waals surface area contributed by atoms with Crippen molar-refractivity contribution in [2.24, 2.45) is 11.3 Å². The van der Waals surface area contributed by atoms with Crippen LogP contribution in [0.5, 0.6) is 11.5 Å². The zero-order valence-corrected chi connectivity index (χ0v) is 22.8. The van der Waals surface area contributed by atoms with Gasteiger partial charge in [0.1, 0.15) is 18.0 Å². The van der Waals surface area contributed by atoms with Crippen molar-refractivity contribution in [1.29, 1.82) is 0 Å². The number of halogens is 3. The van der Waals surface area contributed by atoms with Crippen LogP contribution in [-0.2, 0) is 9.59 Å². The number of hydrogen-bond donors (Lipinski definition) is 2. The van der Waals surface area contributed by atoms with Crippen LogP contribution in [0.4, 0.5) is 24.8 Å². The van der Waals surface area contributed by atoms with Gasteiger partial charge in [-0.3, -0.25) is 9.59 Å². The number of carboxylic acid groups (broad SMARTS) is 1. The Kier molecular flexibility index (Phi) is 8.18. The van der Waals surface area contributed by atoms with Crippen LogP contribution in [0, 0.1) is 11.3 Å². The molecular weight excluding hydrogens is 529 g/mol. The fourth-order valence-electron chi connectivity index (χ4n) is 5.53. The highest BCUT2D eigenvalue weighted by Gasteiger charge is 2.35. The van der Waals surface area contributed by atoms with Gasteiger partial charge in [0.15, 0.2) is 6.61 Å². The largest absolute Gasteiger partial charge is 0.573 e. The fourth-order valence-corrected chi connectivity index (χ4v) is 5.53. The van der Waals surface area contributed by atoms with Crippen molar-refractivity contribution >= 4 is 34.5 Å². The maximum Gasteiger partial charge on any atom is 0.573 e. The second kappa shape index (κ2) is 11.3. The van der Waals surface area contributed by atoms with E-state index in [1.54, 1.807) is 12.1 Å². The molecule has 2 N–H and O–H groups in total. The number of amides is 1. The summed E-state index contributed by atoms with van der Waals surface area (Å²) in [6, 6.07) is 10.9. The van der Waals surface area contributed by atoms with E-state index in [1.807, 2.05) is 6.07 Å². The lowest BCUT2D eigenvalue weighted by atomic mass is 9.70. The smallest absolute Gasteiger partial charge is 0.484 e. The Morgan fingerprint density at radius 1 is 1.15 bits per heavy atom. The number of nitrogens with zero attached hydrogens (tertiary/aromatic N) is 3. The molecule has 1 aliphatic rings. The van der Waals surface area contributed by atoms with E-state index >= 15 is 0 Å². The molecule has 1 heterocycles. The second-order valence-electron chi connectivity index (χ2n) is 11.2. The normalized spacial score (nSPS) is 18.8. The molecule has 216 valence electrons. The van der Waals surface area contributed by atoms with Gasteiger partial charge in [-0.2, -0.15) is 0 Å². The molecule has 0 radical (unpaired) electrons. The Bertz CT molecular complexity index is 1370. The Hall–Kier alpha value is -3.96. The van der Waals surface area contributed by atoms with Crippen molar-refractivity contribution < 1.29 is 37.3 Å². The van der Waals surface area contributed by atoms with Gasteiger partial charge >= 0.3 is 12.3 Å². The topological polar surface area (TPSA) is 106 Å². The fraction of sp³-hybridized carbons (Fsp3) is 0.464. The highest BCUT2D eigenvalue weighted by atomic mass is 19.4. The number of nitrogens with one attached hydrogen (secondary N) is 1. The monoisotopic (exact) mass is 562 g/mol. The molecule has 0 spiro atoms. The molecule has 1 aliphatic carbocycles. The number of aliphatic carboxylic acids is 1. The summed E-state index contributed by atoms with van der Waals surface area (Å²) in [5, 5.41) is 12.1. The Morgan fingerprint density at radius 3 is 2.45 bits per heavy atom. The first-order chi connectivity index (χ1) is 18.7. The number of ether oxygens (including phenoxy) is 2. The van der Waals surface area contributed by atoms with E-state index in [2.05, 4.69) is 35.4 Å². The number of carboxylic acids is 1. The number of alkyl halides is 3. The summed E-state index contributed by atoms with van der Waals surface area (Å²) in [7, 11) is 1.39. The molecule has 40 heavy (non-hydrogen) atoms. The van der Waals surface area contributed by atoms with E-state index in [4.69, 9.17) is 14.8 Å². The van der Waals surface area contributed by atoms with Gasteiger partial charge in [-0.1, -0.05) is 20.8 Å². The maximum atomic E-state index is 12.6. The van der Waals surface area contributed by atoms with Crippen molar-refractivity contribution in [3.63, 3.8) is 0 Å². The van der Waals surface area contributed by atoms with Crippen LogP contribution in [0.3, 0.4) is 0 Å². The van der Waals surface area contributed by atoms with E-state index in [-0.39, 0.29) is 23.8 Å². The SMILES string of the molecule is C[C@H]1C[C@@H](n2c(Nc3ccc(OC(F)(F)F)cc3)nc3cc(OCC(=O)N(C)CC(=O)O)ccc32)CC(C)(C)C1. The summed E-state index contributed by atoms with van der Waals surface area (Å²) in [6.07, 6.45) is -1.82. The molecule has 1 aromatic heterocycles. The number of benzene rings is 2. The predicted molar refractivity (Wildman–Crippen MR) is 143 cm³/mol. The minimum Gasteiger partial charge on any atom is -0.484 e. The first-order valence-corrected chi connectivity index (χ1v) is 12.9. The first kappa shape index (κ1) is 29.0. The summed E-state index contributed by atoms with van der Waals surface area (Å²) in [5.41, 5.74) is 2.10. The highest BCUT2D eigenvalue weighted by Crippen LogP contribution is 2.46. The van der Waals surface area contributed by atoms with Crippen molar-refractivity contribution in [2.75, 3.05) is 25.5 Å².